The van der Waals surface area contributed by atoms with Crippen molar-refractivity contribution >= 4 is 5.91 Å². The molecule has 0 radical (unpaired) electrons. The molecule has 1 amide bonds. The molecule has 2 atom stereocenters. The molecule has 2 fully saturated rings. The Morgan fingerprint density at radius 1 is 1.30 bits per heavy atom. The maximum atomic E-state index is 12.4. The maximum Gasteiger partial charge on any atom is 0.224 e. The number of nitrogens with one attached hydrogen (secondary N) is 1. The van der Waals surface area contributed by atoms with Gasteiger partial charge >= 0.3 is 0 Å². The van der Waals surface area contributed by atoms with Crippen LogP contribution in [0.3, 0.4) is 0 Å². The highest BCUT2D eigenvalue weighted by Gasteiger charge is 2.46. The van der Waals surface area contributed by atoms with Gasteiger partial charge in [0.1, 0.15) is 0 Å². The molecule has 0 aromatic heterocycles. The monoisotopic (exact) mass is 275 g/mol. The second-order valence-electron chi connectivity index (χ2n) is 5.90. The van der Waals surface area contributed by atoms with Gasteiger partial charge in [0.2, 0.25) is 5.91 Å². The van der Waals surface area contributed by atoms with Crippen LogP contribution in [0, 0.1) is 5.92 Å². The van der Waals surface area contributed by atoms with Crippen LogP contribution in [0.15, 0.2) is 30.3 Å². The number of amides is 1. The third kappa shape index (κ3) is 2.72. The molecule has 2 aliphatic rings. The molecule has 4 heteroatoms. The van der Waals surface area contributed by atoms with Crippen LogP contribution in [0.2, 0.25) is 0 Å². The predicted molar refractivity (Wildman–Crippen MR) is 75.3 cm³/mol. The fourth-order valence-electron chi connectivity index (χ4n) is 2.99. The minimum Gasteiger partial charge on any atom is -0.394 e. The molecule has 3 rings (SSSR count). The number of benzene rings is 1. The van der Waals surface area contributed by atoms with Crippen molar-refractivity contribution in [3.8, 4) is 0 Å². The van der Waals surface area contributed by atoms with Crippen LogP contribution >= 0.6 is 0 Å². The largest absolute Gasteiger partial charge is 0.394 e. The van der Waals surface area contributed by atoms with Gasteiger partial charge in [-0.1, -0.05) is 30.3 Å². The summed E-state index contributed by atoms with van der Waals surface area (Å²) in [7, 11) is 0. The van der Waals surface area contributed by atoms with Crippen molar-refractivity contribution in [1.82, 2.24) is 5.32 Å². The van der Waals surface area contributed by atoms with Gasteiger partial charge in [-0.05, 0) is 30.7 Å². The molecule has 2 unspecified atom stereocenters. The van der Waals surface area contributed by atoms with Gasteiger partial charge < -0.3 is 15.2 Å². The lowest BCUT2D eigenvalue weighted by Gasteiger charge is -2.36. The van der Waals surface area contributed by atoms with E-state index in [0.29, 0.717) is 32.0 Å². The molecule has 1 saturated carbocycles. The quantitative estimate of drug-likeness (QED) is 0.874. The van der Waals surface area contributed by atoms with Crippen molar-refractivity contribution in [1.29, 1.82) is 0 Å². The fourth-order valence-corrected chi connectivity index (χ4v) is 2.99. The zero-order chi connectivity index (χ0) is 14.0. The summed E-state index contributed by atoms with van der Waals surface area (Å²) in [4.78, 5) is 12.4. The number of rotatable bonds is 4. The number of carbonyl (C=O) groups is 1. The van der Waals surface area contributed by atoms with Crippen LogP contribution in [0.25, 0.3) is 0 Å². The Balaban J connectivity index is 1.60. The molecule has 1 aromatic rings. The van der Waals surface area contributed by atoms with Crippen LogP contribution in [0.1, 0.15) is 30.7 Å². The molecule has 1 aliphatic heterocycles. The molecule has 1 saturated heterocycles. The summed E-state index contributed by atoms with van der Waals surface area (Å²) in [5, 5.41) is 12.7. The molecule has 20 heavy (non-hydrogen) atoms. The number of aliphatic hydroxyl groups excluding tert-OH is 1. The van der Waals surface area contributed by atoms with Crippen molar-refractivity contribution in [3.63, 3.8) is 0 Å². The van der Waals surface area contributed by atoms with E-state index in [0.717, 1.165) is 6.42 Å². The normalized spacial score (nSPS) is 27.9. The molecule has 1 aromatic carbocycles. The summed E-state index contributed by atoms with van der Waals surface area (Å²) >= 11 is 0. The molecule has 1 heterocycles. The Kier molecular flexibility index (Phi) is 3.76. The number of ether oxygens (including phenoxy) is 1. The Hall–Kier alpha value is -1.39. The maximum absolute atomic E-state index is 12.4. The Bertz CT molecular complexity index is 468. The third-order valence-corrected chi connectivity index (χ3v) is 4.50. The van der Waals surface area contributed by atoms with Crippen LogP contribution in [0.4, 0.5) is 0 Å². The van der Waals surface area contributed by atoms with Crippen molar-refractivity contribution in [3.05, 3.63) is 35.9 Å². The summed E-state index contributed by atoms with van der Waals surface area (Å²) in [6.07, 6.45) is 2.30. The lowest BCUT2D eigenvalue weighted by Crippen LogP contribution is -2.55. The van der Waals surface area contributed by atoms with Crippen LogP contribution in [0.5, 0.6) is 0 Å². The summed E-state index contributed by atoms with van der Waals surface area (Å²) in [5.41, 5.74) is 0.761. The van der Waals surface area contributed by atoms with E-state index < -0.39 is 5.54 Å². The number of hydrogen-bond acceptors (Lipinski definition) is 3. The predicted octanol–water partition coefficient (Wildman–Crippen LogP) is 1.45. The highest BCUT2D eigenvalue weighted by molar-refractivity contribution is 5.83. The van der Waals surface area contributed by atoms with E-state index in [2.05, 4.69) is 17.4 Å². The smallest absolute Gasteiger partial charge is 0.224 e. The first-order chi connectivity index (χ1) is 9.74. The SMILES string of the molecule is O=C(NC1(CO)CCOCC1)C1CC1c1ccccc1. The first-order valence-corrected chi connectivity index (χ1v) is 7.30. The highest BCUT2D eigenvalue weighted by atomic mass is 16.5. The average Bonchev–Trinajstić information content (AvgIpc) is 3.30. The lowest BCUT2D eigenvalue weighted by atomic mass is 9.90. The van der Waals surface area contributed by atoms with Gasteiger partial charge in [0.25, 0.3) is 0 Å². The standard InChI is InChI=1S/C16H21NO3/c18-11-16(6-8-20-9-7-16)17-15(19)14-10-13(14)12-4-2-1-3-5-12/h1-5,13-14,18H,6-11H2,(H,17,19). The molecule has 4 nitrogen and oxygen atoms in total. The van der Waals surface area contributed by atoms with Gasteiger partial charge in [0.15, 0.2) is 0 Å². The second kappa shape index (κ2) is 5.54. The zero-order valence-electron chi connectivity index (χ0n) is 11.5. The van der Waals surface area contributed by atoms with E-state index in [1.54, 1.807) is 0 Å². The average molecular weight is 275 g/mol. The van der Waals surface area contributed by atoms with Gasteiger partial charge in [-0.2, -0.15) is 0 Å². The van der Waals surface area contributed by atoms with Gasteiger partial charge in [0.05, 0.1) is 12.1 Å². The molecule has 2 N–H and O–H groups in total. The molecular formula is C16H21NO3. The first kappa shape index (κ1) is 13.6. The number of aliphatic hydroxyl groups is 1. The summed E-state index contributed by atoms with van der Waals surface area (Å²) in [5.74, 6) is 0.477. The Morgan fingerprint density at radius 3 is 2.65 bits per heavy atom. The van der Waals surface area contributed by atoms with Gasteiger partial charge in [0, 0.05) is 19.1 Å². The molecule has 0 bridgehead atoms. The van der Waals surface area contributed by atoms with Crippen molar-refractivity contribution in [2.75, 3.05) is 19.8 Å². The van der Waals surface area contributed by atoms with Crippen LogP contribution in [-0.4, -0.2) is 36.4 Å². The van der Waals surface area contributed by atoms with Gasteiger partial charge in [-0.25, -0.2) is 0 Å². The topological polar surface area (TPSA) is 58.6 Å². The minimum atomic E-state index is -0.473. The van der Waals surface area contributed by atoms with E-state index in [4.69, 9.17) is 4.74 Å². The van der Waals surface area contributed by atoms with E-state index in [1.165, 1.54) is 5.56 Å². The Labute approximate surface area is 119 Å². The summed E-state index contributed by atoms with van der Waals surface area (Å²) < 4.78 is 5.31. The van der Waals surface area contributed by atoms with Crippen LogP contribution in [-0.2, 0) is 9.53 Å². The van der Waals surface area contributed by atoms with E-state index in [-0.39, 0.29) is 18.4 Å². The van der Waals surface area contributed by atoms with Crippen molar-refractivity contribution in [2.45, 2.75) is 30.7 Å². The van der Waals surface area contributed by atoms with Crippen molar-refractivity contribution in [2.24, 2.45) is 5.92 Å². The van der Waals surface area contributed by atoms with Crippen LogP contribution < -0.4 is 5.32 Å². The molecule has 1 aliphatic carbocycles. The van der Waals surface area contributed by atoms with Gasteiger partial charge in [-0.15, -0.1) is 0 Å². The molecular weight excluding hydrogens is 254 g/mol. The lowest BCUT2D eigenvalue weighted by molar-refractivity contribution is -0.126. The van der Waals surface area contributed by atoms with Crippen molar-refractivity contribution < 1.29 is 14.6 Å². The fraction of sp³-hybridized carbons (Fsp3) is 0.562. The van der Waals surface area contributed by atoms with E-state index >= 15 is 0 Å². The highest BCUT2D eigenvalue weighted by Crippen LogP contribution is 2.47. The van der Waals surface area contributed by atoms with E-state index in [9.17, 15) is 9.90 Å². The molecule has 0 spiro atoms. The third-order valence-electron chi connectivity index (χ3n) is 4.50. The second-order valence-corrected chi connectivity index (χ2v) is 5.90. The first-order valence-electron chi connectivity index (χ1n) is 7.30. The minimum absolute atomic E-state index is 0.00910. The number of hydrogen-bond donors (Lipinski definition) is 2. The number of carbonyl (C=O) groups excluding carboxylic acids is 1. The van der Waals surface area contributed by atoms with E-state index in [1.807, 2.05) is 18.2 Å². The zero-order valence-corrected chi connectivity index (χ0v) is 11.5. The molecule has 108 valence electrons. The summed E-state index contributed by atoms with van der Waals surface area (Å²) in [6.45, 7) is 1.20. The Morgan fingerprint density at radius 2 is 2.00 bits per heavy atom. The van der Waals surface area contributed by atoms with Gasteiger partial charge in [-0.3, -0.25) is 4.79 Å². The summed E-state index contributed by atoms with van der Waals surface area (Å²) in [6, 6.07) is 10.2.